The molecule has 21 heavy (non-hydrogen) atoms. The minimum atomic E-state index is -0.641. The summed E-state index contributed by atoms with van der Waals surface area (Å²) in [7, 11) is 2.12. The highest BCUT2D eigenvalue weighted by molar-refractivity contribution is 5.33. The lowest BCUT2D eigenvalue weighted by Gasteiger charge is -2.35. The number of nitro benzene ring substituents is 1. The third-order valence-electron chi connectivity index (χ3n) is 4.17. The Bertz CT molecular complexity index is 478. The maximum atomic E-state index is 10.6. The van der Waals surface area contributed by atoms with Crippen LogP contribution in [0.1, 0.15) is 25.0 Å². The summed E-state index contributed by atoms with van der Waals surface area (Å²) in [6, 6.07) is 6.49. The summed E-state index contributed by atoms with van der Waals surface area (Å²) < 4.78 is 0. The lowest BCUT2D eigenvalue weighted by molar-refractivity contribution is -0.384. The number of rotatable bonds is 5. The molecule has 0 bridgehead atoms. The molecule has 1 aromatic carbocycles. The zero-order valence-corrected chi connectivity index (χ0v) is 12.5. The maximum absolute atomic E-state index is 10.6. The van der Waals surface area contributed by atoms with Crippen LogP contribution in [0.2, 0.25) is 0 Å². The van der Waals surface area contributed by atoms with Gasteiger partial charge in [-0.15, -0.1) is 0 Å². The van der Waals surface area contributed by atoms with Gasteiger partial charge in [0.05, 0.1) is 11.0 Å². The van der Waals surface area contributed by atoms with Crippen molar-refractivity contribution < 1.29 is 10.0 Å². The number of aliphatic hydroxyl groups excluding tert-OH is 1. The number of non-ortho nitro benzene ring substituents is 1. The van der Waals surface area contributed by atoms with E-state index < -0.39 is 11.0 Å². The van der Waals surface area contributed by atoms with E-state index in [1.165, 1.54) is 12.1 Å². The third-order valence-corrected chi connectivity index (χ3v) is 4.17. The van der Waals surface area contributed by atoms with Crippen LogP contribution in [0.3, 0.4) is 0 Å². The summed E-state index contributed by atoms with van der Waals surface area (Å²) in [5.41, 5.74) is 0.747. The first kappa shape index (κ1) is 15.9. The summed E-state index contributed by atoms with van der Waals surface area (Å²) in [5, 5.41) is 24.2. The van der Waals surface area contributed by atoms with E-state index >= 15 is 0 Å². The predicted molar refractivity (Wildman–Crippen MR) is 81.1 cm³/mol. The van der Waals surface area contributed by atoms with Gasteiger partial charge in [0.2, 0.25) is 0 Å². The number of hydrogen-bond donors (Lipinski definition) is 2. The highest BCUT2D eigenvalue weighted by Gasteiger charge is 2.24. The number of nitrogens with zero attached hydrogens (tertiary/aromatic N) is 2. The van der Waals surface area contributed by atoms with Crippen LogP contribution in [0, 0.1) is 16.0 Å². The van der Waals surface area contributed by atoms with Crippen LogP contribution in [0.4, 0.5) is 5.69 Å². The van der Waals surface area contributed by atoms with Gasteiger partial charge in [-0.2, -0.15) is 0 Å². The van der Waals surface area contributed by atoms with Crippen molar-refractivity contribution in [3.63, 3.8) is 0 Å². The van der Waals surface area contributed by atoms with Crippen molar-refractivity contribution in [2.75, 3.05) is 26.7 Å². The molecule has 3 atom stereocenters. The van der Waals surface area contributed by atoms with Crippen molar-refractivity contribution in [3.05, 3.63) is 39.9 Å². The Labute approximate surface area is 124 Å². The zero-order chi connectivity index (χ0) is 15.4. The lowest BCUT2D eigenvalue weighted by atomic mass is 9.94. The Balaban J connectivity index is 1.86. The van der Waals surface area contributed by atoms with Crippen LogP contribution in [0.25, 0.3) is 0 Å². The molecule has 0 amide bonds. The van der Waals surface area contributed by atoms with E-state index in [0.717, 1.165) is 19.5 Å². The fraction of sp³-hybridized carbons (Fsp3) is 0.600. The molecule has 0 aliphatic carbocycles. The molecule has 0 aromatic heterocycles. The largest absolute Gasteiger partial charge is 0.387 e. The monoisotopic (exact) mass is 293 g/mol. The van der Waals surface area contributed by atoms with Crippen LogP contribution >= 0.6 is 0 Å². The summed E-state index contributed by atoms with van der Waals surface area (Å²) in [6.45, 7) is 4.81. The number of hydrogen-bond acceptors (Lipinski definition) is 5. The normalized spacial score (nSPS) is 24.7. The van der Waals surface area contributed by atoms with Crippen LogP contribution in [0.5, 0.6) is 0 Å². The first-order valence-electron chi connectivity index (χ1n) is 7.31. The third kappa shape index (κ3) is 4.23. The molecular weight excluding hydrogens is 270 g/mol. The molecule has 2 N–H and O–H groups in total. The molecule has 1 aliphatic rings. The molecule has 1 heterocycles. The highest BCUT2D eigenvalue weighted by Crippen LogP contribution is 2.19. The van der Waals surface area contributed by atoms with E-state index in [2.05, 4.69) is 24.2 Å². The Morgan fingerprint density at radius 2 is 2.14 bits per heavy atom. The zero-order valence-electron chi connectivity index (χ0n) is 12.5. The van der Waals surface area contributed by atoms with Gasteiger partial charge in [0.15, 0.2) is 0 Å². The molecule has 2 rings (SSSR count). The Morgan fingerprint density at radius 3 is 2.71 bits per heavy atom. The summed E-state index contributed by atoms with van der Waals surface area (Å²) >= 11 is 0. The van der Waals surface area contributed by atoms with Gasteiger partial charge < -0.3 is 15.3 Å². The molecule has 0 spiro atoms. The van der Waals surface area contributed by atoms with E-state index in [1.807, 2.05) is 0 Å². The molecule has 6 heteroatoms. The van der Waals surface area contributed by atoms with E-state index in [1.54, 1.807) is 12.1 Å². The van der Waals surface area contributed by atoms with Gasteiger partial charge in [-0.25, -0.2) is 0 Å². The smallest absolute Gasteiger partial charge is 0.269 e. The van der Waals surface area contributed by atoms with Gasteiger partial charge in [0.25, 0.3) is 5.69 Å². The predicted octanol–water partition coefficient (Wildman–Crippen LogP) is 1.56. The van der Waals surface area contributed by atoms with E-state index in [-0.39, 0.29) is 5.69 Å². The molecular formula is C15H23N3O3. The Kier molecular flexibility index (Phi) is 5.27. The van der Waals surface area contributed by atoms with Crippen LogP contribution in [-0.4, -0.2) is 47.7 Å². The standard InChI is InChI=1S/C15H23N3O3/c1-11-10-17(2)8-7-14(11)16-9-15(19)12-3-5-13(6-4-12)18(20)21/h3-6,11,14-16,19H,7-10H2,1-2H3. The lowest BCUT2D eigenvalue weighted by Crippen LogP contribution is -2.47. The van der Waals surface area contributed by atoms with Gasteiger partial charge in [0.1, 0.15) is 0 Å². The van der Waals surface area contributed by atoms with Gasteiger partial charge in [-0.05, 0) is 43.6 Å². The second-order valence-corrected chi connectivity index (χ2v) is 5.91. The van der Waals surface area contributed by atoms with Gasteiger partial charge in [0, 0.05) is 31.3 Å². The van der Waals surface area contributed by atoms with Crippen molar-refractivity contribution in [3.8, 4) is 0 Å². The average Bonchev–Trinajstić information content (AvgIpc) is 2.46. The molecule has 6 nitrogen and oxygen atoms in total. The summed E-state index contributed by atoms with van der Waals surface area (Å²) in [6.07, 6.45) is 0.433. The van der Waals surface area contributed by atoms with E-state index in [9.17, 15) is 15.2 Å². The molecule has 3 unspecified atom stereocenters. The average molecular weight is 293 g/mol. The first-order chi connectivity index (χ1) is 9.97. The quantitative estimate of drug-likeness (QED) is 0.636. The van der Waals surface area contributed by atoms with Crippen molar-refractivity contribution in [2.45, 2.75) is 25.5 Å². The second kappa shape index (κ2) is 6.98. The highest BCUT2D eigenvalue weighted by atomic mass is 16.6. The van der Waals surface area contributed by atoms with E-state index in [0.29, 0.717) is 24.1 Å². The molecule has 0 saturated carbocycles. The fourth-order valence-corrected chi connectivity index (χ4v) is 2.86. The SMILES string of the molecule is CC1CN(C)CCC1NCC(O)c1ccc([N+](=O)[O-])cc1. The number of piperidine rings is 1. The summed E-state index contributed by atoms with van der Waals surface area (Å²) in [5.74, 6) is 0.549. The maximum Gasteiger partial charge on any atom is 0.269 e. The van der Waals surface area contributed by atoms with Crippen molar-refractivity contribution >= 4 is 5.69 Å². The minimum absolute atomic E-state index is 0.0443. The minimum Gasteiger partial charge on any atom is -0.387 e. The van der Waals surface area contributed by atoms with Crippen LogP contribution in [0.15, 0.2) is 24.3 Å². The topological polar surface area (TPSA) is 78.6 Å². The number of aliphatic hydroxyl groups is 1. The Morgan fingerprint density at radius 1 is 1.48 bits per heavy atom. The molecule has 1 saturated heterocycles. The van der Waals surface area contributed by atoms with Crippen molar-refractivity contribution in [2.24, 2.45) is 5.92 Å². The molecule has 0 radical (unpaired) electrons. The number of likely N-dealkylation sites (tertiary alicyclic amines) is 1. The first-order valence-corrected chi connectivity index (χ1v) is 7.31. The number of nitro groups is 1. The molecule has 116 valence electrons. The van der Waals surface area contributed by atoms with E-state index in [4.69, 9.17) is 0 Å². The van der Waals surface area contributed by atoms with Gasteiger partial charge in [-0.1, -0.05) is 6.92 Å². The van der Waals surface area contributed by atoms with Crippen molar-refractivity contribution in [1.82, 2.24) is 10.2 Å². The molecule has 1 aromatic rings. The number of benzene rings is 1. The fourth-order valence-electron chi connectivity index (χ4n) is 2.86. The summed E-state index contributed by atoms with van der Waals surface area (Å²) in [4.78, 5) is 12.5. The molecule has 1 aliphatic heterocycles. The Hall–Kier alpha value is -1.50. The number of nitrogens with one attached hydrogen (secondary N) is 1. The second-order valence-electron chi connectivity index (χ2n) is 5.91. The molecule has 1 fully saturated rings. The van der Waals surface area contributed by atoms with Crippen LogP contribution < -0.4 is 5.32 Å². The van der Waals surface area contributed by atoms with Gasteiger partial charge in [-0.3, -0.25) is 10.1 Å². The van der Waals surface area contributed by atoms with Crippen LogP contribution in [-0.2, 0) is 0 Å². The van der Waals surface area contributed by atoms with Gasteiger partial charge >= 0.3 is 0 Å². The van der Waals surface area contributed by atoms with Crippen molar-refractivity contribution in [1.29, 1.82) is 0 Å².